The van der Waals surface area contributed by atoms with Crippen LogP contribution in [0.3, 0.4) is 0 Å². The minimum atomic E-state index is -0.154. The Morgan fingerprint density at radius 3 is 2.54 bits per heavy atom. The van der Waals surface area contributed by atoms with Gasteiger partial charge >= 0.3 is 0 Å². The number of nitrogens with one attached hydrogen (secondary N) is 1. The number of nitrogens with zero attached hydrogens (tertiary/aromatic N) is 3. The molecule has 1 N–H and O–H groups in total. The lowest BCUT2D eigenvalue weighted by Gasteiger charge is -2.04. The van der Waals surface area contributed by atoms with E-state index in [9.17, 15) is 4.79 Å². The number of hydrogen-bond acceptors (Lipinski definition) is 7. The van der Waals surface area contributed by atoms with E-state index < -0.39 is 0 Å². The number of thioether (sulfide) groups is 1. The van der Waals surface area contributed by atoms with Crippen molar-refractivity contribution in [1.82, 2.24) is 15.2 Å². The SMILES string of the molecule is O=C(CSc1nnc(-c2ccc(Cl)cc2)o1)Nc1ccc(-c2nccs2)cc1. The minimum absolute atomic E-state index is 0.154. The van der Waals surface area contributed by atoms with Crippen molar-refractivity contribution < 1.29 is 9.21 Å². The van der Waals surface area contributed by atoms with Gasteiger partial charge in [0.25, 0.3) is 5.22 Å². The van der Waals surface area contributed by atoms with Crippen molar-refractivity contribution in [3.63, 3.8) is 0 Å². The third-order valence-electron chi connectivity index (χ3n) is 3.67. The van der Waals surface area contributed by atoms with Gasteiger partial charge in [-0.2, -0.15) is 0 Å². The molecule has 1 amide bonds. The van der Waals surface area contributed by atoms with Crippen molar-refractivity contribution in [2.75, 3.05) is 11.1 Å². The Morgan fingerprint density at radius 2 is 1.82 bits per heavy atom. The van der Waals surface area contributed by atoms with Crippen LogP contribution in [0.2, 0.25) is 5.02 Å². The van der Waals surface area contributed by atoms with E-state index in [1.807, 2.05) is 29.6 Å². The van der Waals surface area contributed by atoms with Gasteiger partial charge in [-0.3, -0.25) is 4.79 Å². The summed E-state index contributed by atoms with van der Waals surface area (Å²) in [7, 11) is 0. The quantitative estimate of drug-likeness (QED) is 0.423. The summed E-state index contributed by atoms with van der Waals surface area (Å²) < 4.78 is 5.58. The predicted octanol–water partition coefficient (Wildman–Crippen LogP) is 5.24. The zero-order valence-electron chi connectivity index (χ0n) is 14.3. The van der Waals surface area contributed by atoms with E-state index in [2.05, 4.69) is 20.5 Å². The summed E-state index contributed by atoms with van der Waals surface area (Å²) in [5.74, 6) is 0.395. The van der Waals surface area contributed by atoms with E-state index in [-0.39, 0.29) is 11.7 Å². The van der Waals surface area contributed by atoms with Crippen LogP contribution in [0.15, 0.2) is 69.7 Å². The molecule has 0 unspecified atom stereocenters. The number of amides is 1. The second-order valence-electron chi connectivity index (χ2n) is 5.63. The molecule has 9 heteroatoms. The fraction of sp³-hybridized carbons (Fsp3) is 0.0526. The third kappa shape index (κ3) is 4.59. The fourth-order valence-corrected chi connectivity index (χ4v) is 3.70. The number of halogens is 1. The Balaban J connectivity index is 1.31. The molecular weight excluding hydrogens is 416 g/mol. The second kappa shape index (κ2) is 8.55. The molecule has 0 spiro atoms. The largest absolute Gasteiger partial charge is 0.411 e. The van der Waals surface area contributed by atoms with Gasteiger partial charge in [0.2, 0.25) is 11.8 Å². The smallest absolute Gasteiger partial charge is 0.277 e. The molecule has 0 bridgehead atoms. The Bertz CT molecular complexity index is 1060. The van der Waals surface area contributed by atoms with E-state index in [4.69, 9.17) is 16.0 Å². The van der Waals surface area contributed by atoms with Crippen LogP contribution in [-0.2, 0) is 4.79 Å². The molecular formula is C19H13ClN4O2S2. The molecule has 6 nitrogen and oxygen atoms in total. The van der Waals surface area contributed by atoms with Crippen LogP contribution in [0, 0.1) is 0 Å². The fourth-order valence-electron chi connectivity index (χ4n) is 2.36. The van der Waals surface area contributed by atoms with Gasteiger partial charge < -0.3 is 9.73 Å². The first-order valence-electron chi connectivity index (χ1n) is 8.19. The van der Waals surface area contributed by atoms with E-state index in [1.165, 1.54) is 11.8 Å². The molecule has 4 rings (SSSR count). The molecule has 4 aromatic rings. The molecule has 0 saturated heterocycles. The van der Waals surface area contributed by atoms with Crippen LogP contribution in [0.25, 0.3) is 22.0 Å². The zero-order chi connectivity index (χ0) is 19.3. The lowest BCUT2D eigenvalue weighted by molar-refractivity contribution is -0.113. The average molecular weight is 429 g/mol. The van der Waals surface area contributed by atoms with Crippen LogP contribution >= 0.6 is 34.7 Å². The molecule has 0 aliphatic rings. The van der Waals surface area contributed by atoms with Crippen LogP contribution in [0.4, 0.5) is 5.69 Å². The summed E-state index contributed by atoms with van der Waals surface area (Å²) in [5.41, 5.74) is 2.51. The molecule has 28 heavy (non-hydrogen) atoms. The Morgan fingerprint density at radius 1 is 1.07 bits per heavy atom. The number of rotatable bonds is 6. The van der Waals surface area contributed by atoms with E-state index >= 15 is 0 Å². The second-order valence-corrected chi connectivity index (χ2v) is 7.89. The number of benzene rings is 2. The summed E-state index contributed by atoms with van der Waals surface area (Å²) in [6.07, 6.45) is 1.77. The molecule has 0 radical (unpaired) electrons. The number of hydrogen-bond donors (Lipinski definition) is 1. The molecule has 140 valence electrons. The highest BCUT2D eigenvalue weighted by Gasteiger charge is 2.11. The van der Waals surface area contributed by atoms with Gasteiger partial charge in [-0.05, 0) is 48.5 Å². The predicted molar refractivity (Wildman–Crippen MR) is 112 cm³/mol. The van der Waals surface area contributed by atoms with Crippen molar-refractivity contribution >= 4 is 46.3 Å². The number of aromatic nitrogens is 3. The molecule has 2 aromatic carbocycles. The van der Waals surface area contributed by atoms with Crippen molar-refractivity contribution in [3.05, 3.63) is 65.1 Å². The first-order valence-corrected chi connectivity index (χ1v) is 10.4. The summed E-state index contributed by atoms with van der Waals surface area (Å²) >= 11 is 8.62. The highest BCUT2D eigenvalue weighted by atomic mass is 35.5. The lowest BCUT2D eigenvalue weighted by atomic mass is 10.2. The summed E-state index contributed by atoms with van der Waals surface area (Å²) in [4.78, 5) is 16.4. The van der Waals surface area contributed by atoms with Crippen molar-refractivity contribution in [1.29, 1.82) is 0 Å². The van der Waals surface area contributed by atoms with Crippen LogP contribution in [-0.4, -0.2) is 26.8 Å². The molecule has 2 aromatic heterocycles. The van der Waals surface area contributed by atoms with Gasteiger partial charge in [-0.25, -0.2) is 4.98 Å². The van der Waals surface area contributed by atoms with E-state index in [1.54, 1.807) is 41.8 Å². The molecule has 0 aliphatic carbocycles. The van der Waals surface area contributed by atoms with Crippen molar-refractivity contribution in [3.8, 4) is 22.0 Å². The van der Waals surface area contributed by atoms with Crippen LogP contribution < -0.4 is 5.32 Å². The van der Waals surface area contributed by atoms with Gasteiger partial charge in [0.1, 0.15) is 5.01 Å². The van der Waals surface area contributed by atoms with Crippen LogP contribution in [0.1, 0.15) is 0 Å². The first kappa shape index (κ1) is 18.7. The summed E-state index contributed by atoms with van der Waals surface area (Å²) in [6.45, 7) is 0. The Kier molecular flexibility index (Phi) is 5.70. The molecule has 0 atom stereocenters. The highest BCUT2D eigenvalue weighted by Crippen LogP contribution is 2.25. The van der Waals surface area contributed by atoms with Crippen LogP contribution in [0.5, 0.6) is 0 Å². The maximum absolute atomic E-state index is 12.2. The Hall–Kier alpha value is -2.68. The minimum Gasteiger partial charge on any atom is -0.411 e. The first-order chi connectivity index (χ1) is 13.7. The van der Waals surface area contributed by atoms with Gasteiger partial charge in [-0.15, -0.1) is 21.5 Å². The van der Waals surface area contributed by atoms with Gasteiger partial charge in [0.05, 0.1) is 5.75 Å². The third-order valence-corrected chi connectivity index (χ3v) is 5.56. The molecule has 2 heterocycles. The van der Waals surface area contributed by atoms with Gasteiger partial charge in [0.15, 0.2) is 0 Å². The molecule has 0 saturated carbocycles. The van der Waals surface area contributed by atoms with Gasteiger partial charge in [0, 0.05) is 33.4 Å². The monoisotopic (exact) mass is 428 g/mol. The number of anilines is 1. The maximum atomic E-state index is 12.2. The Labute approximate surface area is 174 Å². The average Bonchev–Trinajstić information content (AvgIpc) is 3.40. The standard InChI is InChI=1S/C19H13ClN4O2S2/c20-14-5-1-12(2-6-14)17-23-24-19(26-17)28-11-16(25)22-15-7-3-13(4-8-15)18-21-9-10-27-18/h1-10H,11H2,(H,22,25). The molecule has 0 aliphatic heterocycles. The van der Waals surface area contributed by atoms with E-state index in [0.717, 1.165) is 21.8 Å². The van der Waals surface area contributed by atoms with Gasteiger partial charge in [-0.1, -0.05) is 23.4 Å². The molecule has 0 fully saturated rings. The summed E-state index contributed by atoms with van der Waals surface area (Å²) in [5, 5.41) is 14.6. The topological polar surface area (TPSA) is 80.9 Å². The van der Waals surface area contributed by atoms with Crippen molar-refractivity contribution in [2.24, 2.45) is 0 Å². The normalized spacial score (nSPS) is 10.8. The number of carbonyl (C=O) groups is 1. The maximum Gasteiger partial charge on any atom is 0.277 e. The summed E-state index contributed by atoms with van der Waals surface area (Å²) in [6, 6.07) is 14.7. The number of thiazole rings is 1. The highest BCUT2D eigenvalue weighted by molar-refractivity contribution is 7.99. The van der Waals surface area contributed by atoms with E-state index in [0.29, 0.717) is 16.1 Å². The number of carbonyl (C=O) groups excluding carboxylic acids is 1. The van der Waals surface area contributed by atoms with Crippen molar-refractivity contribution in [2.45, 2.75) is 5.22 Å². The zero-order valence-corrected chi connectivity index (χ0v) is 16.7. The lowest BCUT2D eigenvalue weighted by Crippen LogP contribution is -2.13.